The molecule has 0 bridgehead atoms. The SMILES string of the molecule is Cc1cc(C)c2c(=O)[nH]c(-c3ccccc3)cc2n1. The molecular formula is C16H14N2O. The van der Waals surface area contributed by atoms with Crippen LogP contribution in [0.1, 0.15) is 11.3 Å². The fraction of sp³-hybridized carbons (Fsp3) is 0.125. The molecule has 0 saturated heterocycles. The molecule has 3 rings (SSSR count). The van der Waals surface area contributed by atoms with Crippen LogP contribution in [0.15, 0.2) is 47.3 Å². The van der Waals surface area contributed by atoms with Crippen molar-refractivity contribution in [2.24, 2.45) is 0 Å². The molecule has 19 heavy (non-hydrogen) atoms. The van der Waals surface area contributed by atoms with Crippen molar-refractivity contribution in [3.8, 4) is 11.3 Å². The first kappa shape index (κ1) is 11.7. The second kappa shape index (κ2) is 4.35. The largest absolute Gasteiger partial charge is 0.321 e. The van der Waals surface area contributed by atoms with E-state index in [-0.39, 0.29) is 5.56 Å². The molecule has 0 aliphatic heterocycles. The molecule has 0 atom stereocenters. The first-order valence-corrected chi connectivity index (χ1v) is 6.22. The highest BCUT2D eigenvalue weighted by Gasteiger charge is 2.08. The van der Waals surface area contributed by atoms with Gasteiger partial charge in [-0.15, -0.1) is 0 Å². The summed E-state index contributed by atoms with van der Waals surface area (Å²) in [6, 6.07) is 13.7. The van der Waals surface area contributed by atoms with Crippen LogP contribution in [0.5, 0.6) is 0 Å². The average molecular weight is 250 g/mol. The van der Waals surface area contributed by atoms with Gasteiger partial charge in [0.2, 0.25) is 0 Å². The van der Waals surface area contributed by atoms with Crippen LogP contribution in [0.2, 0.25) is 0 Å². The van der Waals surface area contributed by atoms with Crippen LogP contribution in [0.25, 0.3) is 22.2 Å². The van der Waals surface area contributed by atoms with Gasteiger partial charge in [-0.3, -0.25) is 9.78 Å². The van der Waals surface area contributed by atoms with E-state index in [4.69, 9.17) is 0 Å². The third-order valence-corrected chi connectivity index (χ3v) is 3.21. The van der Waals surface area contributed by atoms with Gasteiger partial charge >= 0.3 is 0 Å². The Balaban J connectivity index is 2.34. The molecule has 0 spiro atoms. The van der Waals surface area contributed by atoms with Crippen LogP contribution >= 0.6 is 0 Å². The molecule has 2 aromatic heterocycles. The Hall–Kier alpha value is -2.42. The fourth-order valence-corrected chi connectivity index (χ4v) is 2.40. The van der Waals surface area contributed by atoms with Gasteiger partial charge in [0.15, 0.2) is 0 Å². The Morgan fingerprint density at radius 1 is 1.05 bits per heavy atom. The van der Waals surface area contributed by atoms with E-state index in [0.717, 1.165) is 28.0 Å². The molecule has 0 amide bonds. The number of benzene rings is 1. The predicted molar refractivity (Wildman–Crippen MR) is 77.3 cm³/mol. The Labute approximate surface area is 111 Å². The molecular weight excluding hydrogens is 236 g/mol. The Kier molecular flexibility index (Phi) is 2.67. The molecule has 0 radical (unpaired) electrons. The highest BCUT2D eigenvalue weighted by Crippen LogP contribution is 2.20. The monoisotopic (exact) mass is 250 g/mol. The van der Waals surface area contributed by atoms with Gasteiger partial charge in [-0.1, -0.05) is 30.3 Å². The van der Waals surface area contributed by atoms with Crippen LogP contribution in [0, 0.1) is 13.8 Å². The number of hydrogen-bond donors (Lipinski definition) is 1. The van der Waals surface area contributed by atoms with E-state index in [1.807, 2.05) is 56.3 Å². The lowest BCUT2D eigenvalue weighted by atomic mass is 10.1. The second-order valence-corrected chi connectivity index (χ2v) is 4.72. The summed E-state index contributed by atoms with van der Waals surface area (Å²) in [5, 5.41) is 0.672. The number of aromatic nitrogens is 2. The van der Waals surface area contributed by atoms with Gasteiger partial charge in [-0.2, -0.15) is 0 Å². The molecule has 0 aliphatic rings. The van der Waals surface area contributed by atoms with Crippen molar-refractivity contribution >= 4 is 10.9 Å². The Bertz CT molecular complexity index is 804. The van der Waals surface area contributed by atoms with Crippen molar-refractivity contribution in [1.29, 1.82) is 0 Å². The van der Waals surface area contributed by atoms with Crippen molar-refractivity contribution in [1.82, 2.24) is 9.97 Å². The molecule has 0 fully saturated rings. The Morgan fingerprint density at radius 3 is 2.53 bits per heavy atom. The Morgan fingerprint density at radius 2 is 1.79 bits per heavy atom. The van der Waals surface area contributed by atoms with Crippen LogP contribution in [-0.4, -0.2) is 9.97 Å². The highest BCUT2D eigenvalue weighted by molar-refractivity contribution is 5.84. The first-order chi connectivity index (χ1) is 9.15. The molecule has 3 nitrogen and oxygen atoms in total. The minimum Gasteiger partial charge on any atom is -0.321 e. The average Bonchev–Trinajstić information content (AvgIpc) is 2.38. The minimum absolute atomic E-state index is 0.0821. The number of rotatable bonds is 1. The summed E-state index contributed by atoms with van der Waals surface area (Å²) < 4.78 is 0. The van der Waals surface area contributed by atoms with Gasteiger partial charge in [-0.25, -0.2) is 0 Å². The van der Waals surface area contributed by atoms with E-state index >= 15 is 0 Å². The molecule has 0 aliphatic carbocycles. The van der Waals surface area contributed by atoms with Crippen LogP contribution in [0.3, 0.4) is 0 Å². The third kappa shape index (κ3) is 2.03. The summed E-state index contributed by atoms with van der Waals surface area (Å²) in [4.78, 5) is 19.6. The number of nitrogens with zero attached hydrogens (tertiary/aromatic N) is 1. The number of aromatic amines is 1. The predicted octanol–water partition coefficient (Wildman–Crippen LogP) is 3.21. The van der Waals surface area contributed by atoms with E-state index in [0.29, 0.717) is 5.39 Å². The van der Waals surface area contributed by atoms with Crippen LogP contribution in [0.4, 0.5) is 0 Å². The molecule has 0 saturated carbocycles. The van der Waals surface area contributed by atoms with E-state index in [1.54, 1.807) is 0 Å². The highest BCUT2D eigenvalue weighted by atomic mass is 16.1. The maximum atomic E-state index is 12.2. The van der Waals surface area contributed by atoms with Crippen molar-refractivity contribution < 1.29 is 0 Å². The van der Waals surface area contributed by atoms with Gasteiger partial charge in [0.1, 0.15) is 0 Å². The summed E-state index contributed by atoms with van der Waals surface area (Å²) in [5.41, 5.74) is 4.34. The lowest BCUT2D eigenvalue weighted by molar-refractivity contribution is 1.20. The lowest BCUT2D eigenvalue weighted by Gasteiger charge is -2.06. The van der Waals surface area contributed by atoms with Gasteiger partial charge in [0.05, 0.1) is 16.6 Å². The normalized spacial score (nSPS) is 10.8. The maximum absolute atomic E-state index is 12.2. The van der Waals surface area contributed by atoms with Gasteiger partial charge in [-0.05, 0) is 37.1 Å². The second-order valence-electron chi connectivity index (χ2n) is 4.72. The van der Waals surface area contributed by atoms with Crippen molar-refractivity contribution in [2.45, 2.75) is 13.8 Å². The number of fused-ring (bicyclic) bond motifs is 1. The van der Waals surface area contributed by atoms with Crippen LogP contribution < -0.4 is 5.56 Å². The molecule has 2 heterocycles. The smallest absolute Gasteiger partial charge is 0.258 e. The zero-order valence-electron chi connectivity index (χ0n) is 10.9. The van der Waals surface area contributed by atoms with Crippen molar-refractivity contribution in [3.63, 3.8) is 0 Å². The topological polar surface area (TPSA) is 45.8 Å². The summed E-state index contributed by atoms with van der Waals surface area (Å²) >= 11 is 0. The standard InChI is InChI=1S/C16H14N2O/c1-10-8-11(2)17-14-9-13(18-16(19)15(10)14)12-6-4-3-5-7-12/h3-9H,1-2H3,(H,18,19). The fourth-order valence-electron chi connectivity index (χ4n) is 2.40. The number of pyridine rings is 2. The first-order valence-electron chi connectivity index (χ1n) is 6.22. The zero-order valence-corrected chi connectivity index (χ0v) is 10.9. The quantitative estimate of drug-likeness (QED) is 0.720. The number of H-pyrrole nitrogens is 1. The molecule has 3 aromatic rings. The van der Waals surface area contributed by atoms with Crippen molar-refractivity contribution in [3.05, 3.63) is 64.1 Å². The number of nitrogens with one attached hydrogen (secondary N) is 1. The maximum Gasteiger partial charge on any atom is 0.258 e. The molecule has 0 unspecified atom stereocenters. The van der Waals surface area contributed by atoms with Crippen LogP contribution in [-0.2, 0) is 0 Å². The summed E-state index contributed by atoms with van der Waals surface area (Å²) in [6.45, 7) is 3.88. The molecule has 94 valence electrons. The lowest BCUT2D eigenvalue weighted by Crippen LogP contribution is -2.10. The minimum atomic E-state index is -0.0821. The van der Waals surface area contributed by atoms with E-state index in [2.05, 4.69) is 9.97 Å². The summed E-state index contributed by atoms with van der Waals surface area (Å²) in [5.74, 6) is 0. The summed E-state index contributed by atoms with van der Waals surface area (Å²) in [7, 11) is 0. The zero-order chi connectivity index (χ0) is 13.4. The van der Waals surface area contributed by atoms with E-state index in [1.165, 1.54) is 0 Å². The molecule has 1 N–H and O–H groups in total. The van der Waals surface area contributed by atoms with Gasteiger partial charge in [0.25, 0.3) is 5.56 Å². The third-order valence-electron chi connectivity index (χ3n) is 3.21. The molecule has 3 heteroatoms. The molecule has 1 aromatic carbocycles. The van der Waals surface area contributed by atoms with Gasteiger partial charge in [0, 0.05) is 5.69 Å². The van der Waals surface area contributed by atoms with E-state index < -0.39 is 0 Å². The number of aryl methyl sites for hydroxylation is 2. The van der Waals surface area contributed by atoms with Gasteiger partial charge < -0.3 is 4.98 Å². The number of hydrogen-bond acceptors (Lipinski definition) is 2. The van der Waals surface area contributed by atoms with Crippen molar-refractivity contribution in [2.75, 3.05) is 0 Å². The summed E-state index contributed by atoms with van der Waals surface area (Å²) in [6.07, 6.45) is 0. The van der Waals surface area contributed by atoms with E-state index in [9.17, 15) is 4.79 Å².